The zero-order valence-corrected chi connectivity index (χ0v) is 31.5. The van der Waals surface area contributed by atoms with E-state index in [0.717, 1.165) is 4.57 Å². The number of nitrogens with zero attached hydrogens (tertiary/aromatic N) is 5. The number of aliphatic hydroxyl groups is 4. The number of aryl methyl sites for hydroxylation is 1. The van der Waals surface area contributed by atoms with E-state index in [9.17, 15) is 57.7 Å². The number of phosphoric ester groups is 2. The number of anilines is 2. The van der Waals surface area contributed by atoms with Gasteiger partial charge in [0.15, 0.2) is 12.7 Å². The van der Waals surface area contributed by atoms with Crippen LogP contribution in [0.4, 0.5) is 16.1 Å². The van der Waals surface area contributed by atoms with Crippen LogP contribution in [-0.4, -0.2) is 134 Å². The summed E-state index contributed by atoms with van der Waals surface area (Å²) in [5.41, 5.74) is 9.74. The SMILES string of the molecule is Cn1c[n+](C2O[C@H](COP(=O)(O)OCC(COP(=O)(O)OCC3O[C@@H]([n+]4c[nH]c5c(=O)[nH]c(N)nc54)[C@H](O)[C@@H]3O)OP(=O)(O)F)[C@@H](O)[C@H]2O)c2nc(N)[nH]c(=O)c21. The van der Waals surface area contributed by atoms with Crippen LogP contribution in [0.25, 0.3) is 22.3 Å². The van der Waals surface area contributed by atoms with Gasteiger partial charge in [0.1, 0.15) is 42.7 Å². The first-order valence-corrected chi connectivity index (χ1v) is 20.5. The molecule has 6 heterocycles. The zero-order valence-electron chi connectivity index (χ0n) is 28.8. The summed E-state index contributed by atoms with van der Waals surface area (Å²) in [5, 5.41) is 42.3. The molecular weight excluding hydrogens is 844 g/mol. The Kier molecular flexibility index (Phi) is 12.2. The van der Waals surface area contributed by atoms with Gasteiger partial charge in [0, 0.05) is 0 Å². The third-order valence-corrected chi connectivity index (χ3v) is 10.9. The molecule has 57 heavy (non-hydrogen) atoms. The van der Waals surface area contributed by atoms with Gasteiger partial charge in [-0.2, -0.15) is 0 Å². The lowest BCUT2D eigenvalue weighted by atomic mass is 10.1. The highest BCUT2D eigenvalue weighted by Gasteiger charge is 2.49. The number of ether oxygens (including phenoxy) is 2. The normalized spacial score (nSPS) is 29.1. The number of nitrogens with one attached hydrogen (secondary N) is 3. The van der Waals surface area contributed by atoms with E-state index in [1.54, 1.807) is 0 Å². The summed E-state index contributed by atoms with van der Waals surface area (Å²) >= 11 is 0. The van der Waals surface area contributed by atoms with Crippen LogP contribution in [-0.2, 0) is 52.8 Å². The predicted molar refractivity (Wildman–Crippen MR) is 178 cm³/mol. The maximum absolute atomic E-state index is 13.6. The number of aliphatic hydroxyl groups excluding tert-OH is 4. The second kappa shape index (κ2) is 16.2. The molecular formula is C24H36FN10O19P3+2. The molecule has 316 valence electrons. The molecule has 4 aromatic heterocycles. The van der Waals surface area contributed by atoms with Crippen molar-refractivity contribution in [1.82, 2.24) is 29.5 Å². The van der Waals surface area contributed by atoms with Gasteiger partial charge in [-0.1, -0.05) is 9.97 Å². The lowest BCUT2D eigenvalue weighted by Gasteiger charge is -2.22. The van der Waals surface area contributed by atoms with Crippen LogP contribution in [0.2, 0.25) is 0 Å². The van der Waals surface area contributed by atoms with Crippen molar-refractivity contribution in [3.05, 3.63) is 33.4 Å². The van der Waals surface area contributed by atoms with E-state index >= 15 is 0 Å². The standard InChI is InChI=1S/C24H34FN10O19P3/c1-33-7-35(18-12(33)20(41)32-24(27)30-18)22-16(39)14(37)10(53-22)5-51-57(46,47)49-3-8(54-55(25,42)43)2-48-56(44,45)50-4-9-13(36)15(38)21(52-9)34-6-28-11-17(34)29-23(26)31-19(11)40/h6-10,13-16,21-22,36-39H,2-5H2,1H3,(H8-,26,27,29,30,31,32,40,41,42,43,44,45,46,47)/p+2/t8?,9?,10-,13-,14-,15-,16-,21-,22?/m1/s1. The number of imidazole rings is 2. The van der Waals surface area contributed by atoms with Crippen molar-refractivity contribution < 1.29 is 94.2 Å². The second-order valence-electron chi connectivity index (χ2n) is 12.5. The van der Waals surface area contributed by atoms with E-state index in [2.05, 4.69) is 38.5 Å². The Balaban J connectivity index is 1.02. The Morgan fingerprint density at radius 1 is 0.825 bits per heavy atom. The fourth-order valence-electron chi connectivity index (χ4n) is 5.89. The second-order valence-corrected chi connectivity index (χ2v) is 16.5. The topological polar surface area (TPSA) is 429 Å². The van der Waals surface area contributed by atoms with Gasteiger partial charge >= 0.3 is 34.8 Å². The van der Waals surface area contributed by atoms with Crippen LogP contribution < -0.4 is 31.7 Å². The van der Waals surface area contributed by atoms with Gasteiger partial charge < -0.3 is 51.2 Å². The Labute approximate surface area is 315 Å². The number of hydrogen-bond donors (Lipinski definition) is 12. The monoisotopic (exact) mass is 880 g/mol. The first kappa shape index (κ1) is 43.0. The molecule has 0 bridgehead atoms. The van der Waals surface area contributed by atoms with Crippen LogP contribution in [0.15, 0.2) is 22.2 Å². The fraction of sp³-hybridized carbons (Fsp3) is 0.583. The minimum Gasteiger partial charge on any atom is -0.387 e. The average Bonchev–Trinajstić information content (AvgIpc) is 3.83. The highest BCUT2D eigenvalue weighted by atomic mass is 31.2. The van der Waals surface area contributed by atoms with Gasteiger partial charge in [0.05, 0.1) is 33.5 Å². The van der Waals surface area contributed by atoms with E-state index in [0.29, 0.717) is 0 Å². The highest BCUT2D eigenvalue weighted by Crippen LogP contribution is 2.49. The molecule has 0 amide bonds. The van der Waals surface area contributed by atoms with Gasteiger partial charge in [-0.15, -0.1) is 4.20 Å². The smallest absolute Gasteiger partial charge is 0.387 e. The van der Waals surface area contributed by atoms with Gasteiger partial charge in [-0.3, -0.25) is 56.6 Å². The fourth-order valence-corrected chi connectivity index (χ4v) is 7.91. The number of aromatic amines is 3. The number of halogens is 1. The molecule has 2 fully saturated rings. The van der Waals surface area contributed by atoms with Crippen LogP contribution >= 0.6 is 23.6 Å². The number of nitrogen functional groups attached to an aromatic ring is 2. The van der Waals surface area contributed by atoms with E-state index in [-0.39, 0.29) is 34.2 Å². The van der Waals surface area contributed by atoms with Gasteiger partial charge in [0.25, 0.3) is 23.0 Å². The largest absolute Gasteiger partial charge is 0.510 e. The van der Waals surface area contributed by atoms with Crippen molar-refractivity contribution in [2.45, 2.75) is 55.2 Å². The van der Waals surface area contributed by atoms with Crippen LogP contribution in [0.3, 0.4) is 0 Å². The van der Waals surface area contributed by atoms with Gasteiger partial charge in [-0.25, -0.2) is 22.8 Å². The Morgan fingerprint density at radius 2 is 1.32 bits per heavy atom. The van der Waals surface area contributed by atoms with Crippen molar-refractivity contribution in [3.8, 4) is 0 Å². The van der Waals surface area contributed by atoms with Gasteiger partial charge in [-0.05, 0) is 0 Å². The van der Waals surface area contributed by atoms with E-state index in [1.165, 1.54) is 28.8 Å². The molecule has 0 spiro atoms. The summed E-state index contributed by atoms with van der Waals surface area (Å²) in [6.07, 6.45) is -12.5. The van der Waals surface area contributed by atoms with Crippen molar-refractivity contribution in [3.63, 3.8) is 0 Å². The number of nitrogens with two attached hydrogens (primary N) is 2. The van der Waals surface area contributed by atoms with Crippen molar-refractivity contribution in [2.75, 3.05) is 37.9 Å². The molecule has 0 radical (unpaired) electrons. The first-order valence-electron chi connectivity index (χ1n) is 16.1. The van der Waals surface area contributed by atoms with Crippen molar-refractivity contribution in [2.24, 2.45) is 7.05 Å². The van der Waals surface area contributed by atoms with Gasteiger partial charge in [0.2, 0.25) is 23.5 Å². The molecule has 0 aliphatic carbocycles. The molecule has 4 aromatic rings. The van der Waals surface area contributed by atoms with E-state index < -0.39 is 116 Å². The summed E-state index contributed by atoms with van der Waals surface area (Å²) in [6, 6.07) is 0. The summed E-state index contributed by atoms with van der Waals surface area (Å²) in [4.78, 5) is 69.1. The summed E-state index contributed by atoms with van der Waals surface area (Å²) in [5.74, 6) is -0.554. The molecule has 33 heteroatoms. The third-order valence-electron chi connectivity index (χ3n) is 8.45. The van der Waals surface area contributed by atoms with Crippen LogP contribution in [0.1, 0.15) is 12.5 Å². The lowest BCUT2D eigenvalue weighted by molar-refractivity contribution is -0.746. The molecule has 14 N–H and O–H groups in total. The Bertz CT molecular complexity index is 2390. The Hall–Kier alpha value is -3.64. The number of fused-ring (bicyclic) bond motifs is 2. The first-order chi connectivity index (χ1) is 26.5. The number of hydrogen-bond acceptors (Lipinski definition) is 20. The number of rotatable bonds is 16. The molecule has 12 atom stereocenters. The van der Waals surface area contributed by atoms with E-state index in [1.807, 2.05) is 0 Å². The number of H-pyrrole nitrogens is 3. The minimum atomic E-state index is -5.92. The van der Waals surface area contributed by atoms with Crippen LogP contribution in [0, 0.1) is 0 Å². The summed E-state index contributed by atoms with van der Waals surface area (Å²) in [6.45, 7) is -4.51. The maximum Gasteiger partial charge on any atom is 0.510 e. The molecule has 2 aliphatic rings. The van der Waals surface area contributed by atoms with Crippen molar-refractivity contribution >= 4 is 57.8 Å². The lowest BCUT2D eigenvalue weighted by Crippen LogP contribution is -2.46. The zero-order chi connectivity index (χ0) is 41.8. The summed E-state index contributed by atoms with van der Waals surface area (Å²) in [7, 11) is -15.0. The molecule has 2 saturated heterocycles. The maximum atomic E-state index is 13.6. The average molecular weight is 881 g/mol. The molecule has 29 nitrogen and oxygen atoms in total. The van der Waals surface area contributed by atoms with Crippen LogP contribution in [0.5, 0.6) is 0 Å². The molecule has 2 aliphatic heterocycles. The quantitative estimate of drug-likeness (QED) is 0.0371. The predicted octanol–water partition coefficient (Wildman–Crippen LogP) is -4.77. The Morgan fingerprint density at radius 3 is 1.84 bits per heavy atom. The number of phosphoric acid groups is 2. The highest BCUT2D eigenvalue weighted by molar-refractivity contribution is 7.48. The molecule has 6 unspecified atom stereocenters. The number of aromatic nitrogens is 8. The molecule has 6 rings (SSSR count). The molecule has 0 saturated carbocycles. The minimum absolute atomic E-state index is 0.0225. The summed E-state index contributed by atoms with van der Waals surface area (Å²) < 4.78 is 88.1. The van der Waals surface area contributed by atoms with E-state index in [4.69, 9.17) is 34.9 Å². The third kappa shape index (κ3) is 9.48. The van der Waals surface area contributed by atoms with Crippen molar-refractivity contribution in [1.29, 1.82) is 0 Å². The molecule has 0 aromatic carbocycles.